The van der Waals surface area contributed by atoms with Crippen LogP contribution in [0.5, 0.6) is 5.75 Å². The van der Waals surface area contributed by atoms with E-state index in [0.29, 0.717) is 43.4 Å². The number of aromatic nitrogens is 4. The van der Waals surface area contributed by atoms with E-state index in [-0.39, 0.29) is 17.2 Å². The zero-order valence-electron chi connectivity index (χ0n) is 20.8. The van der Waals surface area contributed by atoms with Crippen LogP contribution in [0.1, 0.15) is 48.5 Å². The Kier molecular flexibility index (Phi) is 7.93. The average Bonchev–Trinajstić information content (AvgIpc) is 3.57. The summed E-state index contributed by atoms with van der Waals surface area (Å²) in [5.41, 5.74) is 1.25. The highest BCUT2D eigenvalue weighted by molar-refractivity contribution is 5.95. The van der Waals surface area contributed by atoms with Gasteiger partial charge in [-0.25, -0.2) is 9.97 Å². The third-order valence-corrected chi connectivity index (χ3v) is 6.79. The predicted molar refractivity (Wildman–Crippen MR) is 133 cm³/mol. The number of anilines is 2. The van der Waals surface area contributed by atoms with Crippen LogP contribution in [-0.2, 0) is 4.74 Å². The maximum absolute atomic E-state index is 13.2. The van der Waals surface area contributed by atoms with E-state index in [1.807, 2.05) is 4.57 Å². The van der Waals surface area contributed by atoms with Crippen molar-refractivity contribution >= 4 is 28.7 Å². The summed E-state index contributed by atoms with van der Waals surface area (Å²) in [4.78, 5) is 27.9. The number of carbonyl (C=O) groups is 1. The summed E-state index contributed by atoms with van der Waals surface area (Å²) >= 11 is 0. The molecule has 2 aliphatic rings. The second kappa shape index (κ2) is 11.5. The van der Waals surface area contributed by atoms with Crippen molar-refractivity contribution in [1.82, 2.24) is 29.7 Å². The van der Waals surface area contributed by atoms with Gasteiger partial charge in [-0.2, -0.15) is 4.98 Å². The molecule has 5 rings (SSSR count). The Morgan fingerprint density at radius 1 is 1.16 bits per heavy atom. The van der Waals surface area contributed by atoms with Gasteiger partial charge in [0.25, 0.3) is 5.91 Å². The van der Waals surface area contributed by atoms with Gasteiger partial charge in [0, 0.05) is 31.2 Å². The van der Waals surface area contributed by atoms with Crippen molar-refractivity contribution in [2.75, 3.05) is 44.7 Å². The van der Waals surface area contributed by atoms with Crippen LogP contribution in [0.25, 0.3) is 11.2 Å². The molecule has 1 aliphatic heterocycles. The second-order valence-electron chi connectivity index (χ2n) is 9.44. The first-order valence-electron chi connectivity index (χ1n) is 12.8. The van der Waals surface area contributed by atoms with Crippen LogP contribution in [-0.4, -0.2) is 76.1 Å². The van der Waals surface area contributed by atoms with Crippen molar-refractivity contribution in [3.63, 3.8) is 0 Å². The Hall–Kier alpha value is -3.45. The number of ether oxygens (including phenoxy) is 2. The molecule has 0 unspecified atom stereocenters. The van der Waals surface area contributed by atoms with Crippen LogP contribution in [0.4, 0.5) is 24.8 Å². The zero-order chi connectivity index (χ0) is 26.5. The summed E-state index contributed by atoms with van der Waals surface area (Å²) < 4.78 is 51.2. The van der Waals surface area contributed by atoms with Crippen molar-refractivity contribution in [2.45, 2.75) is 44.5 Å². The predicted octanol–water partition coefficient (Wildman–Crippen LogP) is 4.04. The lowest BCUT2D eigenvalue weighted by Crippen LogP contribution is -2.38. The van der Waals surface area contributed by atoms with E-state index in [1.54, 1.807) is 6.33 Å². The van der Waals surface area contributed by atoms with Crippen LogP contribution in [0, 0.1) is 0 Å². The monoisotopic (exact) mass is 533 g/mol. The summed E-state index contributed by atoms with van der Waals surface area (Å²) in [6.07, 6.45) is 3.34. The molecular weight excluding hydrogens is 503 g/mol. The number of fused-ring (bicyclic) bond motifs is 1. The van der Waals surface area contributed by atoms with Crippen LogP contribution in [0.3, 0.4) is 0 Å². The Bertz CT molecular complexity index is 1250. The Labute approximate surface area is 217 Å². The molecule has 0 radical (unpaired) electrons. The number of nitrogens with zero attached hydrogens (tertiary/aromatic N) is 5. The number of amides is 1. The molecule has 1 saturated heterocycles. The molecule has 0 bridgehead atoms. The Morgan fingerprint density at radius 3 is 2.71 bits per heavy atom. The first kappa shape index (κ1) is 26.2. The molecule has 2 N–H and O–H groups in total. The van der Waals surface area contributed by atoms with Gasteiger partial charge in [-0.1, -0.05) is 12.8 Å². The van der Waals surface area contributed by atoms with Gasteiger partial charge in [0.2, 0.25) is 5.95 Å². The van der Waals surface area contributed by atoms with Crippen LogP contribution in [0.2, 0.25) is 0 Å². The molecule has 3 heterocycles. The van der Waals surface area contributed by atoms with Crippen molar-refractivity contribution in [3.8, 4) is 5.75 Å². The molecule has 0 atom stereocenters. The summed E-state index contributed by atoms with van der Waals surface area (Å²) in [7, 11) is 0. The van der Waals surface area contributed by atoms with E-state index in [9.17, 15) is 18.0 Å². The summed E-state index contributed by atoms with van der Waals surface area (Å²) in [6, 6.07) is 4.14. The molecule has 204 valence electrons. The van der Waals surface area contributed by atoms with Gasteiger partial charge >= 0.3 is 6.36 Å². The third-order valence-electron chi connectivity index (χ3n) is 6.79. The van der Waals surface area contributed by atoms with Crippen molar-refractivity contribution in [2.24, 2.45) is 0 Å². The highest BCUT2D eigenvalue weighted by atomic mass is 19.4. The number of morpholine rings is 1. The fourth-order valence-electron chi connectivity index (χ4n) is 4.86. The van der Waals surface area contributed by atoms with Crippen molar-refractivity contribution in [1.29, 1.82) is 0 Å². The number of halogens is 3. The number of hydrogen-bond acceptors (Lipinski definition) is 8. The molecule has 3 aromatic rings. The standard InChI is InChI=1S/C25H30F3N7O3/c26-25(27,28)38-21-14-17(23(36)29-8-3-9-34-10-12-37-13-11-34)6-7-19(21)32-24-30-15-20-22(33-24)35(16-31-20)18-4-1-2-5-18/h6-7,14-16,18H,1-5,8-13H2,(H,29,36)(H,30,32,33). The van der Waals surface area contributed by atoms with E-state index in [1.165, 1.54) is 18.3 Å². The SMILES string of the molecule is O=C(NCCCN1CCOCC1)c1ccc(Nc2ncc3ncn(C4CCCC4)c3n2)c(OC(F)(F)F)c1. The Morgan fingerprint density at radius 2 is 1.95 bits per heavy atom. The van der Waals surface area contributed by atoms with Gasteiger partial charge in [-0.05, 0) is 44.0 Å². The Balaban J connectivity index is 1.29. The smallest absolute Gasteiger partial charge is 0.404 e. The van der Waals surface area contributed by atoms with Crippen molar-refractivity contribution < 1.29 is 27.4 Å². The molecule has 1 amide bonds. The van der Waals surface area contributed by atoms with E-state index < -0.39 is 18.0 Å². The van der Waals surface area contributed by atoms with E-state index in [0.717, 1.165) is 51.4 Å². The summed E-state index contributed by atoms with van der Waals surface area (Å²) in [5.74, 6) is -0.931. The van der Waals surface area contributed by atoms with Crippen LogP contribution >= 0.6 is 0 Å². The highest BCUT2D eigenvalue weighted by Crippen LogP contribution is 2.34. The van der Waals surface area contributed by atoms with Gasteiger partial charge in [-0.3, -0.25) is 9.69 Å². The lowest BCUT2D eigenvalue weighted by atomic mass is 10.1. The van der Waals surface area contributed by atoms with Gasteiger partial charge in [0.1, 0.15) is 5.52 Å². The number of rotatable bonds is 9. The topological polar surface area (TPSA) is 106 Å². The minimum absolute atomic E-state index is 0.0162. The number of nitrogens with one attached hydrogen (secondary N) is 2. The number of imidazole rings is 1. The van der Waals surface area contributed by atoms with Gasteiger partial charge in [0.15, 0.2) is 11.4 Å². The highest BCUT2D eigenvalue weighted by Gasteiger charge is 2.33. The van der Waals surface area contributed by atoms with Crippen molar-refractivity contribution in [3.05, 3.63) is 36.3 Å². The molecule has 1 aromatic carbocycles. The van der Waals surface area contributed by atoms with Gasteiger partial charge < -0.3 is 24.7 Å². The largest absolute Gasteiger partial charge is 0.573 e. The fourth-order valence-corrected chi connectivity index (χ4v) is 4.86. The maximum atomic E-state index is 13.2. The first-order chi connectivity index (χ1) is 18.4. The number of hydrogen-bond donors (Lipinski definition) is 2. The second-order valence-corrected chi connectivity index (χ2v) is 9.44. The molecule has 2 fully saturated rings. The normalized spacial score (nSPS) is 17.1. The first-order valence-corrected chi connectivity index (χ1v) is 12.8. The molecule has 13 heteroatoms. The fraction of sp³-hybridized carbons (Fsp3) is 0.520. The molecule has 1 aliphatic carbocycles. The molecule has 38 heavy (non-hydrogen) atoms. The maximum Gasteiger partial charge on any atom is 0.573 e. The van der Waals surface area contributed by atoms with Gasteiger partial charge in [0.05, 0.1) is 31.4 Å². The number of carbonyl (C=O) groups excluding carboxylic acids is 1. The van der Waals surface area contributed by atoms with Crippen LogP contribution < -0.4 is 15.4 Å². The van der Waals surface area contributed by atoms with E-state index >= 15 is 0 Å². The van der Waals surface area contributed by atoms with Gasteiger partial charge in [-0.15, -0.1) is 13.2 Å². The quantitative estimate of drug-likeness (QED) is 0.397. The average molecular weight is 534 g/mol. The van der Waals surface area contributed by atoms with E-state index in [4.69, 9.17) is 4.74 Å². The molecule has 1 saturated carbocycles. The molecule has 0 spiro atoms. The lowest BCUT2D eigenvalue weighted by molar-refractivity contribution is -0.274. The molecule has 2 aromatic heterocycles. The third kappa shape index (κ3) is 6.51. The molecule has 10 nitrogen and oxygen atoms in total. The number of alkyl halides is 3. The number of benzene rings is 1. The minimum Gasteiger partial charge on any atom is -0.404 e. The van der Waals surface area contributed by atoms with Crippen LogP contribution in [0.15, 0.2) is 30.7 Å². The molecular formula is C25H30F3N7O3. The summed E-state index contributed by atoms with van der Waals surface area (Å²) in [5, 5.41) is 5.57. The summed E-state index contributed by atoms with van der Waals surface area (Å²) in [6.45, 7) is 4.28. The van der Waals surface area contributed by atoms with E-state index in [2.05, 4.69) is 35.2 Å². The zero-order valence-corrected chi connectivity index (χ0v) is 20.8. The minimum atomic E-state index is -4.95. The lowest BCUT2D eigenvalue weighted by Gasteiger charge is -2.26.